The minimum Gasteiger partial charge on any atom is -0.352 e. The van der Waals surface area contributed by atoms with Gasteiger partial charge in [-0.3, -0.25) is 0 Å². The fourth-order valence-electron chi connectivity index (χ4n) is 4.29. The smallest absolute Gasteiger partial charge is 0.352 e. The first-order valence-corrected chi connectivity index (χ1v) is 13.2. The number of halogens is 4. The van der Waals surface area contributed by atoms with Gasteiger partial charge < -0.3 is 9.80 Å². The van der Waals surface area contributed by atoms with Crippen LogP contribution < -0.4 is 14.9 Å². The molecule has 0 saturated carbocycles. The normalized spacial score (nSPS) is 14.5. The number of nitrogens with zero attached hydrogens (tertiary/aromatic N) is 6. The lowest BCUT2D eigenvalue weighted by molar-refractivity contribution is -0.144. The van der Waals surface area contributed by atoms with E-state index in [1.165, 1.54) is 36.4 Å². The van der Waals surface area contributed by atoms with Crippen LogP contribution in [-0.2, 0) is 16.2 Å². The van der Waals surface area contributed by atoms with Crippen LogP contribution in [-0.4, -0.2) is 54.5 Å². The Morgan fingerprint density at radius 1 is 0.821 bits per heavy atom. The molecule has 1 aliphatic rings. The highest BCUT2D eigenvalue weighted by Gasteiger charge is 2.38. The standard InChI is InChI=1S/C25H21F4N7O2S/c26-18-7-5-16(6-8-18)21-20(17-3-1-4-19(15-17)39(30,37)38)22(34-23(33-21)25(27,28)29)35-11-13-36(14-12-35)24-31-9-2-10-32-24/h1-10,15H,11-14H2,(H2,30,37,38). The van der Waals surface area contributed by atoms with E-state index in [0.29, 0.717) is 19.0 Å². The van der Waals surface area contributed by atoms with E-state index in [9.17, 15) is 26.0 Å². The number of rotatable bonds is 5. The molecular formula is C25H21F4N7O2S. The monoisotopic (exact) mass is 559 g/mol. The molecule has 0 radical (unpaired) electrons. The molecule has 2 aromatic carbocycles. The number of aromatic nitrogens is 4. The third-order valence-electron chi connectivity index (χ3n) is 6.13. The summed E-state index contributed by atoms with van der Waals surface area (Å²) in [5.74, 6) is -1.51. The quantitative estimate of drug-likeness (QED) is 0.368. The van der Waals surface area contributed by atoms with Crippen molar-refractivity contribution in [3.8, 4) is 22.4 Å². The van der Waals surface area contributed by atoms with Gasteiger partial charge in [-0.15, -0.1) is 0 Å². The lowest BCUT2D eigenvalue weighted by Gasteiger charge is -2.36. The summed E-state index contributed by atoms with van der Waals surface area (Å²) in [4.78, 5) is 19.5. The van der Waals surface area contributed by atoms with Crippen molar-refractivity contribution in [2.24, 2.45) is 5.14 Å². The summed E-state index contributed by atoms with van der Waals surface area (Å²) in [6.07, 6.45) is -1.69. The molecule has 0 bridgehead atoms. The van der Waals surface area contributed by atoms with Gasteiger partial charge in [0.2, 0.25) is 21.8 Å². The number of nitrogens with two attached hydrogens (primary N) is 1. The van der Waals surface area contributed by atoms with Gasteiger partial charge in [-0.25, -0.2) is 37.9 Å². The first-order valence-electron chi connectivity index (χ1n) is 11.7. The second-order valence-electron chi connectivity index (χ2n) is 8.69. The summed E-state index contributed by atoms with van der Waals surface area (Å²) >= 11 is 0. The zero-order valence-corrected chi connectivity index (χ0v) is 21.0. The number of hydrogen-bond acceptors (Lipinski definition) is 8. The first-order chi connectivity index (χ1) is 18.5. The van der Waals surface area contributed by atoms with Crippen LogP contribution in [0.1, 0.15) is 5.82 Å². The number of sulfonamides is 1. The average molecular weight is 560 g/mol. The van der Waals surface area contributed by atoms with Crippen LogP contribution in [0.25, 0.3) is 22.4 Å². The van der Waals surface area contributed by atoms with E-state index in [1.54, 1.807) is 23.4 Å². The molecular weight excluding hydrogens is 538 g/mol. The van der Waals surface area contributed by atoms with Gasteiger partial charge in [0.1, 0.15) is 11.6 Å². The van der Waals surface area contributed by atoms with Gasteiger partial charge in [0, 0.05) is 44.1 Å². The molecule has 202 valence electrons. The number of alkyl halides is 3. The predicted molar refractivity (Wildman–Crippen MR) is 136 cm³/mol. The number of piperazine rings is 1. The molecule has 1 aliphatic heterocycles. The van der Waals surface area contributed by atoms with Crippen molar-refractivity contribution < 1.29 is 26.0 Å². The van der Waals surface area contributed by atoms with Crippen molar-refractivity contribution in [1.82, 2.24) is 19.9 Å². The van der Waals surface area contributed by atoms with Crippen LogP contribution >= 0.6 is 0 Å². The molecule has 9 nitrogen and oxygen atoms in total. The Labute approximate surface area is 221 Å². The predicted octanol–water partition coefficient (Wildman–Crippen LogP) is 3.73. The second kappa shape index (κ2) is 10.2. The molecule has 0 spiro atoms. The number of hydrogen-bond donors (Lipinski definition) is 1. The summed E-state index contributed by atoms with van der Waals surface area (Å²) in [5.41, 5.74) is 0.452. The topological polar surface area (TPSA) is 118 Å². The Balaban J connectivity index is 1.69. The van der Waals surface area contributed by atoms with E-state index in [2.05, 4.69) is 19.9 Å². The molecule has 4 aromatic rings. The van der Waals surface area contributed by atoms with Crippen LogP contribution in [0.2, 0.25) is 0 Å². The van der Waals surface area contributed by atoms with E-state index in [-0.39, 0.29) is 46.2 Å². The van der Waals surface area contributed by atoms with E-state index < -0.39 is 27.8 Å². The van der Waals surface area contributed by atoms with Gasteiger partial charge in [0.05, 0.1) is 16.2 Å². The molecule has 14 heteroatoms. The summed E-state index contributed by atoms with van der Waals surface area (Å²) in [7, 11) is -4.13. The largest absolute Gasteiger partial charge is 0.451 e. The molecule has 1 fully saturated rings. The van der Waals surface area contributed by atoms with E-state index >= 15 is 0 Å². The van der Waals surface area contributed by atoms with Crippen LogP contribution in [0.4, 0.5) is 29.3 Å². The Morgan fingerprint density at radius 2 is 1.46 bits per heavy atom. The molecule has 0 amide bonds. The fraction of sp³-hybridized carbons (Fsp3) is 0.200. The second-order valence-corrected chi connectivity index (χ2v) is 10.3. The van der Waals surface area contributed by atoms with E-state index in [4.69, 9.17) is 5.14 Å². The maximum absolute atomic E-state index is 14.0. The summed E-state index contributed by atoms with van der Waals surface area (Å²) in [5, 5.41) is 5.32. The van der Waals surface area contributed by atoms with E-state index in [0.717, 1.165) is 12.1 Å². The highest BCUT2D eigenvalue weighted by atomic mass is 32.2. The minimum absolute atomic E-state index is 0.0446. The molecule has 0 atom stereocenters. The number of primary sulfonamides is 1. The highest BCUT2D eigenvalue weighted by molar-refractivity contribution is 7.89. The Bertz CT molecular complexity index is 1590. The number of anilines is 2. The van der Waals surface area contributed by atoms with Gasteiger partial charge in [-0.1, -0.05) is 12.1 Å². The zero-order valence-electron chi connectivity index (χ0n) is 20.2. The highest BCUT2D eigenvalue weighted by Crippen LogP contribution is 2.41. The maximum atomic E-state index is 14.0. The fourth-order valence-corrected chi connectivity index (χ4v) is 4.85. The van der Waals surface area contributed by atoms with Gasteiger partial charge in [-0.2, -0.15) is 13.2 Å². The molecule has 2 aromatic heterocycles. The minimum atomic E-state index is -4.88. The van der Waals surface area contributed by atoms with Crippen molar-refractivity contribution in [1.29, 1.82) is 0 Å². The van der Waals surface area contributed by atoms with Crippen molar-refractivity contribution in [3.05, 3.63) is 78.6 Å². The Hall–Kier alpha value is -4.17. The summed E-state index contributed by atoms with van der Waals surface area (Å²) in [6.45, 7) is 1.30. The van der Waals surface area contributed by atoms with Gasteiger partial charge in [0.15, 0.2) is 0 Å². The summed E-state index contributed by atoms with van der Waals surface area (Å²) in [6, 6.07) is 12.0. The first kappa shape index (κ1) is 26.4. The molecule has 39 heavy (non-hydrogen) atoms. The van der Waals surface area contributed by atoms with Crippen LogP contribution in [0.3, 0.4) is 0 Å². The molecule has 5 rings (SSSR count). The molecule has 1 saturated heterocycles. The third-order valence-corrected chi connectivity index (χ3v) is 7.04. The van der Waals surface area contributed by atoms with Crippen molar-refractivity contribution in [2.75, 3.05) is 36.0 Å². The third kappa shape index (κ3) is 5.66. The van der Waals surface area contributed by atoms with Gasteiger partial charge >= 0.3 is 6.18 Å². The van der Waals surface area contributed by atoms with Crippen molar-refractivity contribution in [3.63, 3.8) is 0 Å². The van der Waals surface area contributed by atoms with Gasteiger partial charge in [0.25, 0.3) is 0 Å². The van der Waals surface area contributed by atoms with Crippen LogP contribution in [0.15, 0.2) is 71.9 Å². The van der Waals surface area contributed by atoms with Crippen molar-refractivity contribution >= 4 is 21.8 Å². The lowest BCUT2D eigenvalue weighted by atomic mass is 9.98. The van der Waals surface area contributed by atoms with Crippen LogP contribution in [0, 0.1) is 5.82 Å². The lowest BCUT2D eigenvalue weighted by Crippen LogP contribution is -2.47. The molecule has 3 heterocycles. The summed E-state index contributed by atoms with van der Waals surface area (Å²) < 4.78 is 79.9. The molecule has 0 unspecified atom stereocenters. The SMILES string of the molecule is NS(=O)(=O)c1cccc(-c2c(-c3ccc(F)cc3)nc(C(F)(F)F)nc2N2CCN(c3ncccn3)CC2)c1. The van der Waals surface area contributed by atoms with E-state index in [1.807, 2.05) is 4.90 Å². The molecule has 0 aliphatic carbocycles. The van der Waals surface area contributed by atoms with Gasteiger partial charge in [-0.05, 0) is 48.0 Å². The molecule has 2 N–H and O–H groups in total. The number of benzene rings is 2. The van der Waals surface area contributed by atoms with Crippen LogP contribution in [0.5, 0.6) is 0 Å². The van der Waals surface area contributed by atoms with Crippen molar-refractivity contribution in [2.45, 2.75) is 11.1 Å². The Kier molecular flexibility index (Phi) is 6.91. The Morgan fingerprint density at radius 3 is 2.08 bits per heavy atom. The average Bonchev–Trinajstić information content (AvgIpc) is 2.92. The zero-order chi connectivity index (χ0) is 27.8. The maximum Gasteiger partial charge on any atom is 0.451 e.